The van der Waals surface area contributed by atoms with Crippen molar-refractivity contribution in [2.45, 2.75) is 171 Å². The number of hydrogen-bond donors (Lipinski definition) is 24. The van der Waals surface area contributed by atoms with Gasteiger partial charge in [-0.3, -0.25) is 72.3 Å². The summed E-state index contributed by atoms with van der Waals surface area (Å²) in [5.74, 6) is -18.2. The molecule has 0 aromatic heterocycles. The SMILES string of the molecule is CC[C@H](C)[C@H](NC(=O)[C@H](CCCN=C(N)N)NC(=O)[C@H](CO)NC(=O)[C@H](CS)NC(=O)[C@H](CCC(=O)O)NC(=O)[C@H](CO)NC(=O)[C@H](CC(C)C)NC(=O)[C@H](CCCN=C(N)N)NC(=O)[C@H](C)NC(=O)[C@H](CCC(=O)O)NC(=O)[C@@H](N)CS)C(=O)N[C@@H](CS)C(=O)O. The van der Waals surface area contributed by atoms with Gasteiger partial charge in [-0.2, -0.15) is 37.9 Å². The summed E-state index contributed by atoms with van der Waals surface area (Å²) in [7, 11) is 0. The third-order valence-electron chi connectivity index (χ3n) is 13.4. The Morgan fingerprint density at radius 2 is 0.750 bits per heavy atom. The lowest BCUT2D eigenvalue weighted by Crippen LogP contribution is -2.62. The predicted molar refractivity (Wildman–Crippen MR) is 341 cm³/mol. The van der Waals surface area contributed by atoms with Crippen molar-refractivity contribution in [3.8, 4) is 0 Å². The fourth-order valence-electron chi connectivity index (χ4n) is 7.98. The van der Waals surface area contributed by atoms with Crippen molar-refractivity contribution in [1.82, 2.24) is 58.5 Å². The molecule has 0 aromatic carbocycles. The molecule has 0 aliphatic heterocycles. The Hall–Kier alpha value is -7.95. The first kappa shape index (κ1) is 84.0. The number of carbonyl (C=O) groups excluding carboxylic acids is 11. The average molecular weight is 1370 g/mol. The third kappa shape index (κ3) is 32.9. The van der Waals surface area contributed by atoms with Gasteiger partial charge in [0, 0.05) is 43.2 Å². The van der Waals surface area contributed by atoms with Crippen molar-refractivity contribution < 1.29 is 92.7 Å². The molecule has 0 aliphatic carbocycles. The molecule has 0 fully saturated rings. The van der Waals surface area contributed by atoms with Gasteiger partial charge in [-0.05, 0) is 63.7 Å². The molecule has 0 spiro atoms. The second kappa shape index (κ2) is 44.5. The molecule has 0 radical (unpaired) electrons. The molecule has 522 valence electrons. The molecule has 0 saturated carbocycles. The van der Waals surface area contributed by atoms with Crippen LogP contribution in [0.5, 0.6) is 0 Å². The summed E-state index contributed by atoms with van der Waals surface area (Å²) in [5.41, 5.74) is 27.4. The van der Waals surface area contributed by atoms with Crippen molar-refractivity contribution in [3.05, 3.63) is 0 Å². The highest BCUT2D eigenvalue weighted by Crippen LogP contribution is 2.13. The Bertz CT molecular complexity index is 2580. The van der Waals surface area contributed by atoms with Gasteiger partial charge < -0.3 is 113 Å². The van der Waals surface area contributed by atoms with Gasteiger partial charge in [0.05, 0.1) is 19.3 Å². The van der Waals surface area contributed by atoms with Crippen LogP contribution in [0, 0.1) is 11.8 Å². The van der Waals surface area contributed by atoms with Crippen LogP contribution in [0.3, 0.4) is 0 Å². The molecule has 40 heteroatoms. The monoisotopic (exact) mass is 1370 g/mol. The standard InChI is InChI=1S/C52H92N18O19S3/c1-6-24(4)38(49(87)69-35(22-92)50(88)89)70-44(82)28(10-8-16-59-52(56)57)63-46(84)33(19-72)67-48(86)34(21-91)68-43(81)30(12-14-37(75)76)64-47(85)32(18-71)66-45(83)31(17-23(2)3)65-42(80)27(9-7-15-58-51(54)55)61-39(77)25(5)60-41(79)29(11-13-36(73)74)62-40(78)26(53)20-90/h23-35,38,71-72,90-92H,6-22,53H2,1-5H3,(H,60,79)(H,61,77)(H,62,78)(H,63,84)(H,64,85)(H,65,80)(H,66,83)(H,67,86)(H,68,81)(H,69,87)(H,70,82)(H,73,74)(H,75,76)(H,88,89)(H4,54,55,58)(H4,56,57,59)/t24-,25-,26-,27-,28-,29-,30-,31-,32-,33-,34-,35-,38-/m0/s1. The number of thiol groups is 3. The second-order valence-electron chi connectivity index (χ2n) is 21.4. The number of hydrogen-bond acceptors (Lipinski definition) is 22. The van der Waals surface area contributed by atoms with Crippen LogP contribution in [-0.4, -0.2) is 236 Å². The summed E-state index contributed by atoms with van der Waals surface area (Å²) in [5, 5.41) is 74.7. The van der Waals surface area contributed by atoms with Gasteiger partial charge in [-0.1, -0.05) is 34.1 Å². The first-order chi connectivity index (χ1) is 43.1. The molecular weight excluding hydrogens is 1280 g/mol. The number of nitrogens with two attached hydrogens (primary N) is 5. The lowest BCUT2D eigenvalue weighted by atomic mass is 9.97. The number of aliphatic imine (C=N–C) groups is 2. The van der Waals surface area contributed by atoms with Crippen molar-refractivity contribution >= 4 is 133 Å². The average Bonchev–Trinajstić information content (AvgIpc) is 1.63. The van der Waals surface area contributed by atoms with Crippen molar-refractivity contribution in [2.24, 2.45) is 50.5 Å². The van der Waals surface area contributed by atoms with E-state index in [1.807, 2.05) is 0 Å². The van der Waals surface area contributed by atoms with E-state index in [0.717, 1.165) is 0 Å². The Kier molecular flexibility index (Phi) is 40.7. The largest absolute Gasteiger partial charge is 0.481 e. The molecule has 0 heterocycles. The predicted octanol–water partition coefficient (Wildman–Crippen LogP) is -8.55. The van der Waals surface area contributed by atoms with Gasteiger partial charge in [-0.15, -0.1) is 0 Å². The van der Waals surface area contributed by atoms with Crippen molar-refractivity contribution in [1.29, 1.82) is 0 Å². The molecule has 0 rings (SSSR count). The number of carbonyl (C=O) groups is 14. The van der Waals surface area contributed by atoms with Crippen LogP contribution in [-0.2, 0) is 67.1 Å². The van der Waals surface area contributed by atoms with E-state index in [-0.39, 0.29) is 74.5 Å². The molecule has 26 N–H and O–H groups in total. The summed E-state index contributed by atoms with van der Waals surface area (Å²) >= 11 is 12.0. The Morgan fingerprint density at radius 1 is 0.413 bits per heavy atom. The summed E-state index contributed by atoms with van der Waals surface area (Å²) in [4.78, 5) is 192. The third-order valence-corrected chi connectivity index (χ3v) is 14.5. The summed E-state index contributed by atoms with van der Waals surface area (Å²) in [6, 6.07) is -18.7. The van der Waals surface area contributed by atoms with E-state index in [4.69, 9.17) is 28.7 Å². The number of nitrogens with one attached hydrogen (secondary N) is 11. The molecule has 0 saturated heterocycles. The minimum Gasteiger partial charge on any atom is -0.481 e. The summed E-state index contributed by atoms with van der Waals surface area (Å²) in [6.07, 6.45) is -2.54. The second-order valence-corrected chi connectivity index (χ2v) is 22.5. The van der Waals surface area contributed by atoms with Crippen molar-refractivity contribution in [2.75, 3.05) is 43.6 Å². The Labute approximate surface area is 547 Å². The number of rotatable bonds is 46. The van der Waals surface area contributed by atoms with Gasteiger partial charge in [0.25, 0.3) is 0 Å². The van der Waals surface area contributed by atoms with E-state index in [0.29, 0.717) is 6.42 Å². The number of aliphatic hydroxyl groups excluding tert-OH is 2. The fourth-order valence-corrected chi connectivity index (χ4v) is 8.65. The van der Waals surface area contributed by atoms with Crippen LogP contribution in [0.2, 0.25) is 0 Å². The van der Waals surface area contributed by atoms with Crippen LogP contribution in [0.4, 0.5) is 0 Å². The van der Waals surface area contributed by atoms with E-state index in [1.165, 1.54) is 6.92 Å². The molecular formula is C52H92N18O19S3. The highest BCUT2D eigenvalue weighted by molar-refractivity contribution is 7.80. The number of aliphatic hydroxyl groups is 2. The van der Waals surface area contributed by atoms with Crippen LogP contribution in [0.25, 0.3) is 0 Å². The molecule has 11 amide bonds. The van der Waals surface area contributed by atoms with Gasteiger partial charge in [0.15, 0.2) is 11.9 Å². The van der Waals surface area contributed by atoms with E-state index >= 15 is 0 Å². The van der Waals surface area contributed by atoms with Crippen LogP contribution in [0.15, 0.2) is 9.98 Å². The highest BCUT2D eigenvalue weighted by Gasteiger charge is 2.37. The molecule has 0 aliphatic rings. The first-order valence-corrected chi connectivity index (χ1v) is 30.9. The van der Waals surface area contributed by atoms with Crippen LogP contribution < -0.4 is 87.2 Å². The quantitative estimate of drug-likeness (QED) is 0.0116. The molecule has 0 bridgehead atoms. The molecule has 0 aromatic rings. The first-order valence-electron chi connectivity index (χ1n) is 29.0. The number of aliphatic carboxylic acids is 3. The van der Waals surface area contributed by atoms with Gasteiger partial charge >= 0.3 is 17.9 Å². The maximum absolute atomic E-state index is 14.0. The number of guanidine groups is 2. The summed E-state index contributed by atoms with van der Waals surface area (Å²) < 4.78 is 0. The van der Waals surface area contributed by atoms with Crippen molar-refractivity contribution in [3.63, 3.8) is 0 Å². The lowest BCUT2D eigenvalue weighted by Gasteiger charge is -2.28. The van der Waals surface area contributed by atoms with Gasteiger partial charge in [-0.25, -0.2) is 4.79 Å². The molecule has 37 nitrogen and oxygen atoms in total. The zero-order valence-electron chi connectivity index (χ0n) is 51.7. The van der Waals surface area contributed by atoms with E-state index in [9.17, 15) is 92.7 Å². The van der Waals surface area contributed by atoms with Gasteiger partial charge in [0.1, 0.15) is 66.5 Å². The Morgan fingerprint density at radius 3 is 1.13 bits per heavy atom. The number of amides is 11. The van der Waals surface area contributed by atoms with Gasteiger partial charge in [0.2, 0.25) is 65.0 Å². The molecule has 92 heavy (non-hydrogen) atoms. The lowest BCUT2D eigenvalue weighted by molar-refractivity contribution is -0.142. The number of carboxylic acids is 3. The topological polar surface area (TPSA) is 627 Å². The fraction of sp³-hybridized carbons (Fsp3) is 0.692. The smallest absolute Gasteiger partial charge is 0.327 e. The maximum Gasteiger partial charge on any atom is 0.327 e. The van der Waals surface area contributed by atoms with E-state index in [1.54, 1.807) is 27.7 Å². The normalized spacial score (nSPS) is 15.2. The van der Waals surface area contributed by atoms with Crippen LogP contribution in [0.1, 0.15) is 98.8 Å². The van der Waals surface area contributed by atoms with E-state index < -0.39 is 206 Å². The number of nitrogens with zero attached hydrogens (tertiary/aromatic N) is 2. The zero-order chi connectivity index (χ0) is 70.5. The maximum atomic E-state index is 14.0. The minimum absolute atomic E-state index is 0.0448. The van der Waals surface area contributed by atoms with E-state index in [2.05, 4.69) is 106 Å². The zero-order valence-corrected chi connectivity index (χ0v) is 54.4. The Balaban J connectivity index is 6.67. The van der Waals surface area contributed by atoms with Crippen LogP contribution >= 0.6 is 37.9 Å². The minimum atomic E-state index is -1.92. The summed E-state index contributed by atoms with van der Waals surface area (Å²) in [6.45, 7) is 5.44. The molecule has 13 atom stereocenters. The molecule has 0 unspecified atom stereocenters. The number of carboxylic acid groups (broad SMARTS) is 3. The highest BCUT2D eigenvalue weighted by atomic mass is 32.1.